The van der Waals surface area contributed by atoms with Crippen LogP contribution in [0.15, 0.2) is 37.4 Å². The molecular formula is C22H27N5O6S4. The molecule has 15 heteroatoms. The molecule has 37 heavy (non-hydrogen) atoms. The molecule has 0 bridgehead atoms. The molecule has 200 valence electrons. The van der Waals surface area contributed by atoms with Gasteiger partial charge in [0.15, 0.2) is 10.1 Å². The first kappa shape index (κ1) is 27.8. The molecule has 0 saturated carbocycles. The molecule has 0 spiro atoms. The number of nitrogens with zero attached hydrogens (tertiary/aromatic N) is 4. The number of carbonyl (C=O) groups excluding carboxylic acids is 2. The number of carboxylic acid groups (broad SMARTS) is 1. The molecule has 1 aromatic rings. The Labute approximate surface area is 230 Å². The monoisotopic (exact) mass is 585 g/mol. The summed E-state index contributed by atoms with van der Waals surface area (Å²) in [5.74, 6) is -0.395. The number of ether oxygens (including phenoxy) is 1. The molecule has 3 aliphatic rings. The number of oxime groups is 1. The van der Waals surface area contributed by atoms with Gasteiger partial charge in [0.1, 0.15) is 29.2 Å². The van der Waals surface area contributed by atoms with E-state index in [0.29, 0.717) is 36.1 Å². The van der Waals surface area contributed by atoms with Crippen LogP contribution in [-0.4, -0.2) is 85.6 Å². The Morgan fingerprint density at radius 2 is 2.24 bits per heavy atom. The molecule has 0 aliphatic carbocycles. The second-order valence-corrected chi connectivity index (χ2v) is 12.3. The summed E-state index contributed by atoms with van der Waals surface area (Å²) in [7, 11) is 0. The molecule has 4 heterocycles. The Morgan fingerprint density at radius 3 is 2.95 bits per heavy atom. The lowest BCUT2D eigenvalue weighted by Crippen LogP contribution is -2.71. The van der Waals surface area contributed by atoms with Crippen molar-refractivity contribution in [3.8, 4) is 0 Å². The van der Waals surface area contributed by atoms with E-state index in [1.807, 2.05) is 0 Å². The van der Waals surface area contributed by atoms with Gasteiger partial charge in [-0.2, -0.15) is 0 Å². The summed E-state index contributed by atoms with van der Waals surface area (Å²) >= 11 is 5.66. The van der Waals surface area contributed by atoms with E-state index in [2.05, 4.69) is 27.6 Å². The molecule has 1 fully saturated rings. The Morgan fingerprint density at radius 1 is 1.38 bits per heavy atom. The summed E-state index contributed by atoms with van der Waals surface area (Å²) in [5.41, 5.74) is 2.17. The van der Waals surface area contributed by atoms with Crippen LogP contribution in [0.4, 0.5) is 0 Å². The van der Waals surface area contributed by atoms with Crippen LogP contribution in [0.3, 0.4) is 0 Å². The van der Waals surface area contributed by atoms with Crippen LogP contribution < -0.4 is 5.32 Å². The smallest absolute Gasteiger partial charge is 0.352 e. The maximum atomic E-state index is 13.2. The molecular weight excluding hydrogens is 559 g/mol. The predicted octanol–water partition coefficient (Wildman–Crippen LogP) is 2.93. The molecule has 0 aromatic carbocycles. The topological polar surface area (TPSA) is 143 Å². The predicted molar refractivity (Wildman–Crippen MR) is 144 cm³/mol. The fourth-order valence-electron chi connectivity index (χ4n) is 3.77. The van der Waals surface area contributed by atoms with Crippen LogP contribution in [0.5, 0.6) is 0 Å². The van der Waals surface area contributed by atoms with Gasteiger partial charge in [0.2, 0.25) is 5.71 Å². The highest BCUT2D eigenvalue weighted by Gasteiger charge is 2.54. The van der Waals surface area contributed by atoms with E-state index in [9.17, 15) is 19.5 Å². The molecule has 4 rings (SSSR count). The number of β-lactam (4-membered cyclic amide) rings is 1. The van der Waals surface area contributed by atoms with E-state index < -0.39 is 29.2 Å². The van der Waals surface area contributed by atoms with E-state index in [1.165, 1.54) is 51.5 Å². The van der Waals surface area contributed by atoms with Crippen molar-refractivity contribution < 1.29 is 29.1 Å². The van der Waals surface area contributed by atoms with E-state index >= 15 is 0 Å². The van der Waals surface area contributed by atoms with Gasteiger partial charge in [0, 0.05) is 22.7 Å². The number of amides is 2. The van der Waals surface area contributed by atoms with Gasteiger partial charge in [-0.3, -0.25) is 14.5 Å². The van der Waals surface area contributed by atoms with Gasteiger partial charge in [0.25, 0.3) is 11.8 Å². The highest BCUT2D eigenvalue weighted by atomic mass is 32.2. The van der Waals surface area contributed by atoms with Crippen LogP contribution in [-0.2, 0) is 24.0 Å². The van der Waals surface area contributed by atoms with Crippen LogP contribution in [0.25, 0.3) is 0 Å². The zero-order valence-electron chi connectivity index (χ0n) is 20.1. The van der Waals surface area contributed by atoms with Crippen molar-refractivity contribution >= 4 is 70.1 Å². The first-order valence-corrected chi connectivity index (χ1v) is 15.7. The van der Waals surface area contributed by atoms with Crippen LogP contribution >= 0.6 is 46.6 Å². The van der Waals surface area contributed by atoms with Crippen molar-refractivity contribution in [3.05, 3.63) is 27.9 Å². The minimum absolute atomic E-state index is 0.0297. The largest absolute Gasteiger partial charge is 0.490 e. The van der Waals surface area contributed by atoms with Gasteiger partial charge in [-0.05, 0) is 18.4 Å². The molecule has 2 amide bonds. The Hall–Kier alpha value is -2.23. The summed E-state index contributed by atoms with van der Waals surface area (Å²) in [6, 6.07) is -0.879. The molecule has 1 unspecified atom stereocenters. The Balaban J connectivity index is 1.42. The number of aromatic nitrogens is 2. The van der Waals surface area contributed by atoms with Gasteiger partial charge in [-0.1, -0.05) is 48.0 Å². The van der Waals surface area contributed by atoms with Crippen molar-refractivity contribution in [2.75, 3.05) is 30.5 Å². The first-order valence-electron chi connectivity index (χ1n) is 11.8. The lowest BCUT2D eigenvalue weighted by Gasteiger charge is -2.49. The van der Waals surface area contributed by atoms with Crippen LogP contribution in [0.1, 0.15) is 32.6 Å². The lowest BCUT2D eigenvalue weighted by molar-refractivity contribution is -0.150. The van der Waals surface area contributed by atoms with Gasteiger partial charge in [0.05, 0.1) is 6.61 Å². The number of carbonyl (C=O) groups is 3. The highest BCUT2D eigenvalue weighted by Crippen LogP contribution is 2.41. The zero-order chi connectivity index (χ0) is 26.2. The highest BCUT2D eigenvalue weighted by molar-refractivity contribution is 8.02. The average molecular weight is 586 g/mol. The van der Waals surface area contributed by atoms with Crippen molar-refractivity contribution in [1.82, 2.24) is 20.4 Å². The fourth-order valence-corrected chi connectivity index (χ4v) is 7.37. The molecule has 3 aliphatic heterocycles. The lowest BCUT2D eigenvalue weighted by atomic mass is 10.0. The number of hydrogen-bond donors (Lipinski definition) is 2. The van der Waals surface area contributed by atoms with Gasteiger partial charge in [-0.15, -0.1) is 33.7 Å². The molecule has 11 nitrogen and oxygen atoms in total. The van der Waals surface area contributed by atoms with Crippen molar-refractivity contribution in [3.63, 3.8) is 0 Å². The summed E-state index contributed by atoms with van der Waals surface area (Å²) in [4.78, 5) is 44.9. The van der Waals surface area contributed by atoms with Crippen molar-refractivity contribution in [2.45, 2.75) is 48.4 Å². The maximum Gasteiger partial charge on any atom is 0.352 e. The standard InChI is InChI=1S/C22H27N5O6S4/c1-2-3-4-5-6-33-26-15(14-11-34-8-7-32-14)18(28)24-16-19(29)27-17(21(30)31)13(9-35-20(16)27)10-36-22-25-23-12-37-22/h11-12,16,20H,2-10H2,1H3,(H,24,28)(H,30,31)/b26-15+/t16?,20-/m1/s1. The number of hydrogen-bond acceptors (Lipinski definition) is 12. The third-order valence-corrected chi connectivity index (χ3v) is 9.66. The van der Waals surface area contributed by atoms with Crippen LogP contribution in [0.2, 0.25) is 0 Å². The van der Waals surface area contributed by atoms with Gasteiger partial charge in [-0.25, -0.2) is 4.79 Å². The summed E-state index contributed by atoms with van der Waals surface area (Å²) in [6.07, 6.45) is 4.02. The number of rotatable bonds is 13. The van der Waals surface area contributed by atoms with E-state index in [-0.39, 0.29) is 11.4 Å². The summed E-state index contributed by atoms with van der Waals surface area (Å²) in [6.45, 7) is 2.92. The molecule has 1 saturated heterocycles. The van der Waals surface area contributed by atoms with E-state index in [1.54, 1.807) is 10.9 Å². The van der Waals surface area contributed by atoms with E-state index in [4.69, 9.17) is 9.57 Å². The third-order valence-electron chi connectivity index (χ3n) is 5.59. The average Bonchev–Trinajstić information content (AvgIpc) is 3.43. The summed E-state index contributed by atoms with van der Waals surface area (Å²) in [5, 5.41) is 25.6. The fraction of sp³-hybridized carbons (Fsp3) is 0.545. The minimum atomic E-state index is -1.17. The molecule has 0 radical (unpaired) electrons. The molecule has 2 atom stereocenters. The molecule has 2 N–H and O–H groups in total. The number of aliphatic carboxylic acids is 1. The van der Waals surface area contributed by atoms with Gasteiger partial charge < -0.3 is 20.0 Å². The Bertz CT molecular complexity index is 1090. The number of unbranched alkanes of at least 4 members (excludes halogenated alkanes) is 3. The van der Waals surface area contributed by atoms with Crippen LogP contribution in [0, 0.1) is 0 Å². The maximum absolute atomic E-state index is 13.2. The van der Waals surface area contributed by atoms with Gasteiger partial charge >= 0.3 is 5.97 Å². The second kappa shape index (κ2) is 13.5. The first-order chi connectivity index (χ1) is 18.0. The third kappa shape index (κ3) is 6.81. The minimum Gasteiger partial charge on any atom is -0.490 e. The SMILES string of the molecule is CCCCCCO/N=C(/C(=O)NC1C(=O)N2C(C(=O)O)=C(CSc3nncs3)CS[C@H]12)C1=CSCCO1. The van der Waals surface area contributed by atoms with Crippen molar-refractivity contribution in [1.29, 1.82) is 0 Å². The number of nitrogens with one attached hydrogen (secondary N) is 1. The number of carboxylic acids is 1. The molecule has 1 aromatic heterocycles. The second-order valence-electron chi connectivity index (χ2n) is 8.15. The Kier molecular flexibility index (Phi) is 10.2. The summed E-state index contributed by atoms with van der Waals surface area (Å²) < 4.78 is 6.34. The number of thioether (sulfide) groups is 3. The number of fused-ring (bicyclic) bond motifs is 1. The normalized spacial score (nSPS) is 21.5. The quantitative estimate of drug-likeness (QED) is 0.116. The van der Waals surface area contributed by atoms with E-state index in [0.717, 1.165) is 35.8 Å². The van der Waals surface area contributed by atoms with Crippen molar-refractivity contribution in [2.24, 2.45) is 5.16 Å². The zero-order valence-corrected chi connectivity index (χ0v) is 23.3.